The van der Waals surface area contributed by atoms with Gasteiger partial charge in [0.15, 0.2) is 0 Å². The van der Waals surface area contributed by atoms with Crippen LogP contribution in [-0.2, 0) is 10.0 Å². The van der Waals surface area contributed by atoms with Crippen LogP contribution in [0.2, 0.25) is 0 Å². The molecule has 5 rings (SSSR count). The monoisotopic (exact) mass is 420 g/mol. The van der Waals surface area contributed by atoms with Gasteiger partial charge >= 0.3 is 0 Å². The summed E-state index contributed by atoms with van der Waals surface area (Å²) >= 11 is 0. The van der Waals surface area contributed by atoms with Crippen LogP contribution in [0.25, 0.3) is 0 Å². The molecule has 0 aliphatic heterocycles. The van der Waals surface area contributed by atoms with Crippen LogP contribution in [0.1, 0.15) is 62.7 Å². The minimum atomic E-state index is -3.72. The number of amides is 1. The van der Waals surface area contributed by atoms with Crippen LogP contribution in [0.15, 0.2) is 23.1 Å². The second-order valence-electron chi connectivity index (χ2n) is 9.11. The lowest BCUT2D eigenvalue weighted by molar-refractivity contribution is -0.0167. The van der Waals surface area contributed by atoms with Crippen molar-refractivity contribution in [2.45, 2.75) is 62.8 Å². The Bertz CT molecular complexity index is 857. The number of ether oxygens (including phenoxy) is 1. The molecule has 29 heavy (non-hydrogen) atoms. The molecule has 4 saturated carbocycles. The van der Waals surface area contributed by atoms with Gasteiger partial charge in [0.2, 0.25) is 10.0 Å². The highest BCUT2D eigenvalue weighted by Crippen LogP contribution is 2.55. The Labute approximate surface area is 174 Å². The second-order valence-corrected chi connectivity index (χ2v) is 11.0. The van der Waals surface area contributed by atoms with Crippen molar-refractivity contribution in [3.63, 3.8) is 0 Å². The first-order chi connectivity index (χ1) is 13.8. The van der Waals surface area contributed by atoms with Gasteiger partial charge in [-0.3, -0.25) is 4.79 Å². The minimum absolute atomic E-state index is 0.0573. The second kappa shape index (κ2) is 7.58. The molecule has 0 radical (unpaired) electrons. The Kier molecular flexibility index (Phi) is 5.40. The molecule has 0 heterocycles. The molecule has 160 valence electrons. The normalized spacial score (nSPS) is 30.6. The standard InChI is InChI=1S/C22H32N2O4S/c1-4-24(5-2)29(26,27)20-11-18(6-7-19(20)28-3)21(25)23-22-12-15-8-16(13-22)10-17(9-15)14-22/h6-7,11,15-17H,4-5,8-10,12-14H2,1-3H3,(H,23,25). The number of rotatable bonds is 7. The summed E-state index contributed by atoms with van der Waals surface area (Å²) in [5.74, 6) is 2.29. The molecule has 0 saturated heterocycles. The summed E-state index contributed by atoms with van der Waals surface area (Å²) in [7, 11) is -2.27. The van der Waals surface area contributed by atoms with E-state index < -0.39 is 10.0 Å². The number of carbonyl (C=O) groups is 1. The van der Waals surface area contributed by atoms with Crippen LogP contribution >= 0.6 is 0 Å². The molecule has 0 atom stereocenters. The number of hydrogen-bond acceptors (Lipinski definition) is 4. The molecule has 1 aromatic rings. The molecule has 4 aliphatic carbocycles. The third-order valence-electron chi connectivity index (χ3n) is 7.17. The topological polar surface area (TPSA) is 75.7 Å². The molecule has 6 nitrogen and oxygen atoms in total. The van der Waals surface area contributed by atoms with Crippen LogP contribution in [-0.4, -0.2) is 44.4 Å². The Morgan fingerprint density at radius 1 is 1.10 bits per heavy atom. The highest BCUT2D eigenvalue weighted by atomic mass is 32.2. The molecule has 1 N–H and O–H groups in total. The van der Waals surface area contributed by atoms with Gasteiger partial charge in [-0.05, 0) is 74.5 Å². The number of methoxy groups -OCH3 is 1. The molecule has 4 bridgehead atoms. The first-order valence-electron chi connectivity index (χ1n) is 10.8. The van der Waals surface area contributed by atoms with Gasteiger partial charge in [0.25, 0.3) is 5.91 Å². The quantitative estimate of drug-likeness (QED) is 0.733. The fourth-order valence-electron chi connectivity index (χ4n) is 6.30. The summed E-state index contributed by atoms with van der Waals surface area (Å²) in [6, 6.07) is 4.73. The molecule has 4 aliphatic rings. The van der Waals surface area contributed by atoms with Crippen molar-refractivity contribution in [3.05, 3.63) is 23.8 Å². The zero-order valence-electron chi connectivity index (χ0n) is 17.6. The first kappa shape index (κ1) is 20.7. The predicted molar refractivity (Wildman–Crippen MR) is 111 cm³/mol. The van der Waals surface area contributed by atoms with E-state index in [9.17, 15) is 13.2 Å². The minimum Gasteiger partial charge on any atom is -0.495 e. The van der Waals surface area contributed by atoms with E-state index in [-0.39, 0.29) is 22.1 Å². The van der Waals surface area contributed by atoms with Crippen molar-refractivity contribution in [2.24, 2.45) is 17.8 Å². The van der Waals surface area contributed by atoms with Crippen LogP contribution in [0, 0.1) is 17.8 Å². The van der Waals surface area contributed by atoms with E-state index in [0.717, 1.165) is 37.0 Å². The SMILES string of the molecule is CCN(CC)S(=O)(=O)c1cc(C(=O)NC23CC4CC(CC(C4)C2)C3)ccc1OC. The lowest BCUT2D eigenvalue weighted by Gasteiger charge is -2.56. The number of nitrogens with zero attached hydrogens (tertiary/aromatic N) is 1. The Morgan fingerprint density at radius 2 is 1.66 bits per heavy atom. The third kappa shape index (κ3) is 3.67. The van der Waals surface area contributed by atoms with Gasteiger partial charge in [-0.25, -0.2) is 8.42 Å². The average Bonchev–Trinajstić information content (AvgIpc) is 2.66. The molecule has 1 aromatic carbocycles. The Hall–Kier alpha value is -1.60. The maximum atomic E-state index is 13.2. The lowest BCUT2D eigenvalue weighted by Crippen LogP contribution is -2.59. The van der Waals surface area contributed by atoms with E-state index >= 15 is 0 Å². The fraction of sp³-hybridized carbons (Fsp3) is 0.682. The third-order valence-corrected chi connectivity index (χ3v) is 9.24. The summed E-state index contributed by atoms with van der Waals surface area (Å²) in [5, 5.41) is 3.33. The number of sulfonamides is 1. The van der Waals surface area contributed by atoms with Crippen LogP contribution < -0.4 is 10.1 Å². The van der Waals surface area contributed by atoms with Gasteiger partial charge in [0, 0.05) is 24.2 Å². The van der Waals surface area contributed by atoms with E-state index in [1.165, 1.54) is 36.7 Å². The molecule has 1 amide bonds. The maximum absolute atomic E-state index is 13.2. The van der Waals surface area contributed by atoms with Crippen molar-refractivity contribution in [3.8, 4) is 5.75 Å². The van der Waals surface area contributed by atoms with Gasteiger partial charge < -0.3 is 10.1 Å². The molecule has 0 unspecified atom stereocenters. The summed E-state index contributed by atoms with van der Waals surface area (Å²) in [5.41, 5.74) is 0.274. The predicted octanol–water partition coefficient (Wildman–Crippen LogP) is 3.42. The van der Waals surface area contributed by atoms with Gasteiger partial charge in [0.1, 0.15) is 10.6 Å². The number of carbonyl (C=O) groups excluding carboxylic acids is 1. The van der Waals surface area contributed by atoms with Crippen LogP contribution in [0.5, 0.6) is 5.75 Å². The van der Waals surface area contributed by atoms with Crippen molar-refractivity contribution < 1.29 is 17.9 Å². The molecular formula is C22H32N2O4S. The molecule has 0 aromatic heterocycles. The van der Waals surface area contributed by atoms with E-state index in [2.05, 4.69) is 5.32 Å². The van der Waals surface area contributed by atoms with Gasteiger partial charge in [-0.2, -0.15) is 4.31 Å². The van der Waals surface area contributed by atoms with Gasteiger partial charge in [0.05, 0.1) is 7.11 Å². The van der Waals surface area contributed by atoms with Crippen LogP contribution in [0.4, 0.5) is 0 Å². The highest BCUT2D eigenvalue weighted by molar-refractivity contribution is 7.89. The maximum Gasteiger partial charge on any atom is 0.251 e. The van der Waals surface area contributed by atoms with E-state index in [1.54, 1.807) is 26.0 Å². The fourth-order valence-corrected chi connectivity index (χ4v) is 7.94. The lowest BCUT2D eigenvalue weighted by atomic mass is 9.53. The Balaban J connectivity index is 1.61. The number of hydrogen-bond donors (Lipinski definition) is 1. The van der Waals surface area contributed by atoms with Crippen molar-refractivity contribution in [1.29, 1.82) is 0 Å². The molecule has 4 fully saturated rings. The van der Waals surface area contributed by atoms with Gasteiger partial charge in [-0.15, -0.1) is 0 Å². The largest absolute Gasteiger partial charge is 0.495 e. The van der Waals surface area contributed by atoms with Gasteiger partial charge in [-0.1, -0.05) is 13.8 Å². The van der Waals surface area contributed by atoms with Crippen molar-refractivity contribution in [2.75, 3.05) is 20.2 Å². The molecular weight excluding hydrogens is 388 g/mol. The highest BCUT2D eigenvalue weighted by Gasteiger charge is 2.51. The summed E-state index contributed by atoms with van der Waals surface area (Å²) in [6.45, 7) is 4.34. The van der Waals surface area contributed by atoms with E-state index in [4.69, 9.17) is 4.74 Å². The molecule has 7 heteroatoms. The van der Waals surface area contributed by atoms with Crippen LogP contribution in [0.3, 0.4) is 0 Å². The van der Waals surface area contributed by atoms with Crippen molar-refractivity contribution in [1.82, 2.24) is 9.62 Å². The summed E-state index contributed by atoms with van der Waals surface area (Å²) < 4.78 is 32.8. The zero-order valence-corrected chi connectivity index (χ0v) is 18.4. The smallest absolute Gasteiger partial charge is 0.251 e. The zero-order chi connectivity index (χ0) is 20.8. The summed E-state index contributed by atoms with van der Waals surface area (Å²) in [6.07, 6.45) is 7.11. The Morgan fingerprint density at radius 3 is 2.14 bits per heavy atom. The average molecular weight is 421 g/mol. The molecule has 0 spiro atoms. The summed E-state index contributed by atoms with van der Waals surface area (Å²) in [4.78, 5) is 13.2. The number of benzene rings is 1. The van der Waals surface area contributed by atoms with Crippen molar-refractivity contribution >= 4 is 15.9 Å². The van der Waals surface area contributed by atoms with E-state index in [1.807, 2.05) is 0 Å². The first-order valence-corrected chi connectivity index (χ1v) is 12.2. The van der Waals surface area contributed by atoms with E-state index in [0.29, 0.717) is 18.7 Å². The number of nitrogens with one attached hydrogen (secondary N) is 1.